The summed E-state index contributed by atoms with van der Waals surface area (Å²) >= 11 is 0. The molecule has 2 aromatic rings. The van der Waals surface area contributed by atoms with Crippen molar-refractivity contribution in [3.63, 3.8) is 0 Å². The van der Waals surface area contributed by atoms with E-state index in [0.717, 1.165) is 5.56 Å². The average Bonchev–Trinajstić information content (AvgIpc) is 2.48. The molecule has 3 N–H and O–H groups in total. The Bertz CT molecular complexity index is 729. The maximum atomic E-state index is 13.4. The number of carbonyl (C=O) groups excluding carboxylic acids is 1. The van der Waals surface area contributed by atoms with Gasteiger partial charge in [0, 0.05) is 11.3 Å². The van der Waals surface area contributed by atoms with Gasteiger partial charge in [-0.05, 0) is 36.8 Å². The number of nitrogens with two attached hydrogens (primary N) is 1. The summed E-state index contributed by atoms with van der Waals surface area (Å²) in [7, 11) is 0. The van der Waals surface area contributed by atoms with Gasteiger partial charge in [0.05, 0.1) is 12.1 Å². The Morgan fingerprint density at radius 3 is 2.76 bits per heavy atom. The fourth-order valence-electron chi connectivity index (χ4n) is 1.86. The molecule has 0 aromatic heterocycles. The predicted molar refractivity (Wildman–Crippen MR) is 81.5 cm³/mol. The van der Waals surface area contributed by atoms with Crippen LogP contribution in [0.5, 0.6) is 0 Å². The van der Waals surface area contributed by atoms with Crippen LogP contribution >= 0.6 is 0 Å². The normalized spacial score (nSPS) is 9.67. The first-order chi connectivity index (χ1) is 10.1. The van der Waals surface area contributed by atoms with E-state index in [0.29, 0.717) is 11.3 Å². The van der Waals surface area contributed by atoms with Gasteiger partial charge >= 0.3 is 0 Å². The molecule has 0 aliphatic heterocycles. The SMILES string of the molecule is Cc1ccccc1NC(=O)c1cc(F)ccc1C#CCN. The highest BCUT2D eigenvalue weighted by Crippen LogP contribution is 2.17. The van der Waals surface area contributed by atoms with E-state index in [1.54, 1.807) is 6.07 Å². The molecule has 0 saturated carbocycles. The second-order valence-corrected chi connectivity index (χ2v) is 4.46. The van der Waals surface area contributed by atoms with Crippen LogP contribution in [-0.2, 0) is 0 Å². The van der Waals surface area contributed by atoms with E-state index in [-0.39, 0.29) is 12.1 Å². The van der Waals surface area contributed by atoms with Gasteiger partial charge in [0.2, 0.25) is 0 Å². The van der Waals surface area contributed by atoms with Crippen molar-refractivity contribution in [1.29, 1.82) is 0 Å². The van der Waals surface area contributed by atoms with E-state index in [9.17, 15) is 9.18 Å². The maximum absolute atomic E-state index is 13.4. The van der Waals surface area contributed by atoms with Gasteiger partial charge in [0.25, 0.3) is 5.91 Å². The van der Waals surface area contributed by atoms with Crippen molar-refractivity contribution in [2.75, 3.05) is 11.9 Å². The molecule has 0 saturated heterocycles. The Morgan fingerprint density at radius 2 is 2.05 bits per heavy atom. The van der Waals surface area contributed by atoms with Crippen LogP contribution in [-0.4, -0.2) is 12.5 Å². The number of para-hydroxylation sites is 1. The van der Waals surface area contributed by atoms with Crippen molar-refractivity contribution in [1.82, 2.24) is 0 Å². The van der Waals surface area contributed by atoms with E-state index in [1.807, 2.05) is 25.1 Å². The first kappa shape index (κ1) is 14.8. The smallest absolute Gasteiger partial charge is 0.257 e. The number of hydrogen-bond acceptors (Lipinski definition) is 2. The minimum absolute atomic E-state index is 0.177. The number of amides is 1. The number of anilines is 1. The number of hydrogen-bond donors (Lipinski definition) is 2. The summed E-state index contributed by atoms with van der Waals surface area (Å²) in [5, 5.41) is 2.77. The number of nitrogens with one attached hydrogen (secondary N) is 1. The molecule has 2 aromatic carbocycles. The molecular weight excluding hydrogens is 267 g/mol. The first-order valence-electron chi connectivity index (χ1n) is 6.47. The van der Waals surface area contributed by atoms with Crippen LogP contribution in [0.2, 0.25) is 0 Å². The Labute approximate surface area is 123 Å². The summed E-state index contributed by atoms with van der Waals surface area (Å²) in [5.41, 5.74) is 7.59. The largest absolute Gasteiger partial charge is 0.322 e. The summed E-state index contributed by atoms with van der Waals surface area (Å²) in [5.74, 6) is 4.57. The van der Waals surface area contributed by atoms with Crippen molar-refractivity contribution in [3.8, 4) is 11.8 Å². The molecule has 0 aliphatic carbocycles. The van der Waals surface area contributed by atoms with Crippen molar-refractivity contribution < 1.29 is 9.18 Å². The van der Waals surface area contributed by atoms with Crippen LogP contribution in [0.15, 0.2) is 42.5 Å². The van der Waals surface area contributed by atoms with Crippen molar-refractivity contribution in [2.24, 2.45) is 5.73 Å². The molecule has 0 aliphatic rings. The quantitative estimate of drug-likeness (QED) is 0.832. The molecule has 0 unspecified atom stereocenters. The fourth-order valence-corrected chi connectivity index (χ4v) is 1.86. The van der Waals surface area contributed by atoms with Gasteiger partial charge in [0.15, 0.2) is 0 Å². The summed E-state index contributed by atoms with van der Waals surface area (Å²) in [6.07, 6.45) is 0. The standard InChI is InChI=1S/C17H15FN2O/c1-12-5-2-3-7-16(12)20-17(21)15-11-14(18)9-8-13(15)6-4-10-19/h2-3,5,7-9,11H,10,19H2,1H3,(H,20,21). The lowest BCUT2D eigenvalue weighted by molar-refractivity contribution is 0.102. The molecule has 1 amide bonds. The third-order valence-corrected chi connectivity index (χ3v) is 2.94. The predicted octanol–water partition coefficient (Wildman–Crippen LogP) is 2.70. The molecule has 3 nitrogen and oxygen atoms in total. The van der Waals surface area contributed by atoms with Gasteiger partial charge in [-0.3, -0.25) is 4.79 Å². The summed E-state index contributed by atoms with van der Waals surface area (Å²) in [4.78, 5) is 12.3. The van der Waals surface area contributed by atoms with Crippen LogP contribution in [0.3, 0.4) is 0 Å². The molecule has 0 radical (unpaired) electrons. The number of rotatable bonds is 2. The number of aryl methyl sites for hydroxylation is 1. The molecule has 2 rings (SSSR count). The van der Waals surface area contributed by atoms with Crippen molar-refractivity contribution >= 4 is 11.6 Å². The zero-order valence-corrected chi connectivity index (χ0v) is 11.6. The van der Waals surface area contributed by atoms with Crippen LogP contribution in [0.4, 0.5) is 10.1 Å². The first-order valence-corrected chi connectivity index (χ1v) is 6.47. The lowest BCUT2D eigenvalue weighted by atomic mass is 10.1. The van der Waals surface area contributed by atoms with Gasteiger partial charge in [-0.1, -0.05) is 30.0 Å². The van der Waals surface area contributed by atoms with Crippen LogP contribution in [0, 0.1) is 24.6 Å². The molecular formula is C17H15FN2O. The Morgan fingerprint density at radius 1 is 1.29 bits per heavy atom. The van der Waals surface area contributed by atoms with Crippen LogP contribution < -0.4 is 11.1 Å². The van der Waals surface area contributed by atoms with Crippen molar-refractivity contribution in [2.45, 2.75) is 6.92 Å². The maximum Gasteiger partial charge on any atom is 0.257 e. The lowest BCUT2D eigenvalue weighted by Crippen LogP contribution is -2.14. The Kier molecular flexibility index (Phi) is 4.70. The summed E-state index contributed by atoms with van der Waals surface area (Å²) < 4.78 is 13.4. The van der Waals surface area contributed by atoms with E-state index >= 15 is 0 Å². The van der Waals surface area contributed by atoms with Gasteiger partial charge in [-0.2, -0.15) is 0 Å². The number of benzene rings is 2. The number of halogens is 1. The summed E-state index contributed by atoms with van der Waals surface area (Å²) in [6, 6.07) is 11.3. The van der Waals surface area contributed by atoms with E-state index in [4.69, 9.17) is 5.73 Å². The van der Waals surface area contributed by atoms with E-state index < -0.39 is 11.7 Å². The highest BCUT2D eigenvalue weighted by atomic mass is 19.1. The molecule has 0 fully saturated rings. The van der Waals surface area contributed by atoms with Crippen LogP contribution in [0.1, 0.15) is 21.5 Å². The lowest BCUT2D eigenvalue weighted by Gasteiger charge is -2.09. The molecule has 0 heterocycles. The highest BCUT2D eigenvalue weighted by Gasteiger charge is 2.12. The van der Waals surface area contributed by atoms with E-state index in [2.05, 4.69) is 17.2 Å². The molecule has 0 bridgehead atoms. The zero-order valence-electron chi connectivity index (χ0n) is 11.6. The molecule has 4 heteroatoms. The topological polar surface area (TPSA) is 55.1 Å². The molecule has 21 heavy (non-hydrogen) atoms. The second-order valence-electron chi connectivity index (χ2n) is 4.46. The zero-order chi connectivity index (χ0) is 15.2. The average molecular weight is 282 g/mol. The van der Waals surface area contributed by atoms with Gasteiger partial charge in [-0.25, -0.2) is 4.39 Å². The third kappa shape index (κ3) is 3.68. The number of carbonyl (C=O) groups is 1. The minimum Gasteiger partial charge on any atom is -0.322 e. The second kappa shape index (κ2) is 6.69. The fraction of sp³-hybridized carbons (Fsp3) is 0.118. The monoisotopic (exact) mass is 282 g/mol. The Balaban J connectivity index is 2.34. The van der Waals surface area contributed by atoms with Gasteiger partial charge in [-0.15, -0.1) is 0 Å². The van der Waals surface area contributed by atoms with Crippen LogP contribution in [0.25, 0.3) is 0 Å². The summed E-state index contributed by atoms with van der Waals surface area (Å²) in [6.45, 7) is 2.06. The van der Waals surface area contributed by atoms with Crippen molar-refractivity contribution in [3.05, 3.63) is 65.0 Å². The van der Waals surface area contributed by atoms with Gasteiger partial charge < -0.3 is 11.1 Å². The van der Waals surface area contributed by atoms with E-state index in [1.165, 1.54) is 18.2 Å². The third-order valence-electron chi connectivity index (χ3n) is 2.94. The highest BCUT2D eigenvalue weighted by molar-refractivity contribution is 6.06. The van der Waals surface area contributed by atoms with Gasteiger partial charge in [0.1, 0.15) is 5.82 Å². The molecule has 106 valence electrons. The molecule has 0 atom stereocenters. The molecule has 0 spiro atoms. The minimum atomic E-state index is -0.483. The Hall–Kier alpha value is -2.64.